The van der Waals surface area contributed by atoms with E-state index in [0.717, 1.165) is 19.1 Å². The van der Waals surface area contributed by atoms with Gasteiger partial charge < -0.3 is 10.4 Å². The molecule has 0 aliphatic carbocycles. The highest BCUT2D eigenvalue weighted by Gasteiger charge is 2.31. The minimum atomic E-state index is 0.225. The van der Waals surface area contributed by atoms with Gasteiger partial charge in [0, 0.05) is 44.3 Å². The van der Waals surface area contributed by atoms with E-state index in [2.05, 4.69) is 29.0 Å². The molecule has 2 rings (SSSR count). The van der Waals surface area contributed by atoms with Crippen LogP contribution in [0.5, 0.6) is 0 Å². The van der Waals surface area contributed by atoms with Gasteiger partial charge in [0.05, 0.1) is 6.61 Å². The Morgan fingerprint density at radius 1 is 1.29 bits per heavy atom. The first kappa shape index (κ1) is 13.3. The van der Waals surface area contributed by atoms with Gasteiger partial charge >= 0.3 is 0 Å². The van der Waals surface area contributed by atoms with Gasteiger partial charge in [0.2, 0.25) is 0 Å². The van der Waals surface area contributed by atoms with Crippen molar-refractivity contribution in [2.75, 3.05) is 39.3 Å². The third-order valence-electron chi connectivity index (χ3n) is 3.94. The van der Waals surface area contributed by atoms with E-state index in [1.165, 1.54) is 32.5 Å². The summed E-state index contributed by atoms with van der Waals surface area (Å²) < 4.78 is 0. The summed E-state index contributed by atoms with van der Waals surface area (Å²) in [5.41, 5.74) is 0. The highest BCUT2D eigenvalue weighted by Crippen LogP contribution is 2.21. The second-order valence-corrected chi connectivity index (χ2v) is 5.79. The van der Waals surface area contributed by atoms with Crippen molar-refractivity contribution in [2.45, 2.75) is 44.8 Å². The molecular weight excluding hydrogens is 214 g/mol. The SMILES string of the molecule is CC(C)NC(CO)CN1CCN2CCCC2C1. The zero-order valence-electron chi connectivity index (χ0n) is 11.2. The molecule has 0 radical (unpaired) electrons. The predicted octanol–water partition coefficient (Wildman–Crippen LogP) is 0.125. The molecule has 17 heavy (non-hydrogen) atoms. The lowest BCUT2D eigenvalue weighted by Crippen LogP contribution is -2.54. The van der Waals surface area contributed by atoms with E-state index in [9.17, 15) is 5.11 Å². The standard InChI is InChI=1S/C13H27N3O/c1-11(2)14-12(10-17)8-15-6-7-16-5-3-4-13(16)9-15/h11-14,17H,3-10H2,1-2H3. The summed E-state index contributed by atoms with van der Waals surface area (Å²) in [5, 5.41) is 12.8. The lowest BCUT2D eigenvalue weighted by Gasteiger charge is -2.39. The van der Waals surface area contributed by atoms with E-state index in [1.807, 2.05) is 0 Å². The molecule has 2 aliphatic heterocycles. The van der Waals surface area contributed by atoms with Gasteiger partial charge in [-0.1, -0.05) is 13.8 Å². The van der Waals surface area contributed by atoms with Gasteiger partial charge in [-0.15, -0.1) is 0 Å². The second-order valence-electron chi connectivity index (χ2n) is 5.79. The Morgan fingerprint density at radius 3 is 2.82 bits per heavy atom. The molecule has 2 saturated heterocycles. The van der Waals surface area contributed by atoms with Crippen LogP contribution in [0, 0.1) is 0 Å². The van der Waals surface area contributed by atoms with Crippen LogP contribution in [0.15, 0.2) is 0 Å². The molecule has 4 nitrogen and oxygen atoms in total. The molecule has 0 aromatic rings. The highest BCUT2D eigenvalue weighted by molar-refractivity contribution is 4.88. The molecule has 0 aromatic heterocycles. The second kappa shape index (κ2) is 6.14. The number of hydrogen-bond acceptors (Lipinski definition) is 4. The molecule has 0 aromatic carbocycles. The third kappa shape index (κ3) is 3.65. The Balaban J connectivity index is 1.78. The molecular formula is C13H27N3O. The Kier molecular flexibility index (Phi) is 4.79. The van der Waals surface area contributed by atoms with Crippen LogP contribution in [0.4, 0.5) is 0 Å². The monoisotopic (exact) mass is 241 g/mol. The summed E-state index contributed by atoms with van der Waals surface area (Å²) in [4.78, 5) is 5.14. The summed E-state index contributed by atoms with van der Waals surface area (Å²) in [7, 11) is 0. The number of nitrogens with zero attached hydrogens (tertiary/aromatic N) is 2. The molecule has 2 heterocycles. The maximum Gasteiger partial charge on any atom is 0.0597 e. The van der Waals surface area contributed by atoms with Crippen LogP contribution in [-0.4, -0.2) is 72.4 Å². The van der Waals surface area contributed by atoms with Gasteiger partial charge in [0.25, 0.3) is 0 Å². The maximum atomic E-state index is 9.39. The third-order valence-corrected chi connectivity index (χ3v) is 3.94. The number of fused-ring (bicyclic) bond motifs is 1. The van der Waals surface area contributed by atoms with Crippen LogP contribution in [0.25, 0.3) is 0 Å². The first-order valence-corrected chi connectivity index (χ1v) is 7.02. The highest BCUT2D eigenvalue weighted by atomic mass is 16.3. The average Bonchev–Trinajstić information content (AvgIpc) is 2.74. The van der Waals surface area contributed by atoms with Crippen LogP contribution in [0.2, 0.25) is 0 Å². The van der Waals surface area contributed by atoms with E-state index < -0.39 is 0 Å². The van der Waals surface area contributed by atoms with E-state index >= 15 is 0 Å². The van der Waals surface area contributed by atoms with Gasteiger partial charge in [-0.05, 0) is 19.4 Å². The van der Waals surface area contributed by atoms with Crippen molar-refractivity contribution in [3.05, 3.63) is 0 Å². The summed E-state index contributed by atoms with van der Waals surface area (Å²) in [6.07, 6.45) is 2.73. The summed E-state index contributed by atoms with van der Waals surface area (Å²) in [6, 6.07) is 1.45. The first-order valence-electron chi connectivity index (χ1n) is 7.02. The van der Waals surface area contributed by atoms with Crippen LogP contribution >= 0.6 is 0 Å². The molecule has 2 unspecified atom stereocenters. The summed E-state index contributed by atoms with van der Waals surface area (Å²) in [6.45, 7) is 10.4. The van der Waals surface area contributed by atoms with Crippen LogP contribution < -0.4 is 5.32 Å². The minimum Gasteiger partial charge on any atom is -0.395 e. The molecule has 2 aliphatic rings. The number of rotatable bonds is 5. The van der Waals surface area contributed by atoms with E-state index in [-0.39, 0.29) is 12.6 Å². The molecule has 4 heteroatoms. The molecule has 2 atom stereocenters. The molecule has 2 N–H and O–H groups in total. The van der Waals surface area contributed by atoms with E-state index in [1.54, 1.807) is 0 Å². The number of piperazine rings is 1. The van der Waals surface area contributed by atoms with Gasteiger partial charge in [0.1, 0.15) is 0 Å². The van der Waals surface area contributed by atoms with Gasteiger partial charge in [-0.25, -0.2) is 0 Å². The molecule has 0 amide bonds. The predicted molar refractivity (Wildman–Crippen MR) is 70.2 cm³/mol. The zero-order valence-corrected chi connectivity index (χ0v) is 11.2. The van der Waals surface area contributed by atoms with Crippen molar-refractivity contribution >= 4 is 0 Å². The molecule has 0 saturated carbocycles. The lowest BCUT2D eigenvalue weighted by atomic mass is 10.1. The fourth-order valence-corrected chi connectivity index (χ4v) is 3.17. The molecule has 2 fully saturated rings. The van der Waals surface area contributed by atoms with Gasteiger partial charge in [0.15, 0.2) is 0 Å². The lowest BCUT2D eigenvalue weighted by molar-refractivity contribution is 0.0857. The number of aliphatic hydroxyl groups is 1. The quantitative estimate of drug-likeness (QED) is 0.717. The normalized spacial score (nSPS) is 28.6. The smallest absolute Gasteiger partial charge is 0.0597 e. The van der Waals surface area contributed by atoms with Crippen LogP contribution in [0.1, 0.15) is 26.7 Å². The van der Waals surface area contributed by atoms with Crippen molar-refractivity contribution in [1.29, 1.82) is 0 Å². The zero-order chi connectivity index (χ0) is 12.3. The van der Waals surface area contributed by atoms with Gasteiger partial charge in [-0.2, -0.15) is 0 Å². The maximum absolute atomic E-state index is 9.39. The summed E-state index contributed by atoms with van der Waals surface area (Å²) in [5.74, 6) is 0. The van der Waals surface area contributed by atoms with Gasteiger partial charge in [-0.3, -0.25) is 9.80 Å². The molecule has 0 bridgehead atoms. The molecule has 0 spiro atoms. The average molecular weight is 241 g/mol. The van der Waals surface area contributed by atoms with E-state index in [4.69, 9.17) is 0 Å². The van der Waals surface area contributed by atoms with Crippen molar-refractivity contribution < 1.29 is 5.11 Å². The Bertz CT molecular complexity index is 235. The molecule has 100 valence electrons. The van der Waals surface area contributed by atoms with Crippen LogP contribution in [-0.2, 0) is 0 Å². The number of aliphatic hydroxyl groups excluding tert-OH is 1. The number of nitrogens with one attached hydrogen (secondary N) is 1. The number of hydrogen-bond donors (Lipinski definition) is 2. The van der Waals surface area contributed by atoms with Crippen molar-refractivity contribution in [3.63, 3.8) is 0 Å². The van der Waals surface area contributed by atoms with E-state index in [0.29, 0.717) is 6.04 Å². The fraction of sp³-hybridized carbons (Fsp3) is 1.00. The van der Waals surface area contributed by atoms with Crippen LogP contribution in [0.3, 0.4) is 0 Å². The largest absolute Gasteiger partial charge is 0.395 e. The first-order chi connectivity index (χ1) is 8.19. The summed E-state index contributed by atoms with van der Waals surface area (Å²) >= 11 is 0. The Morgan fingerprint density at radius 2 is 2.12 bits per heavy atom. The Hall–Kier alpha value is -0.160. The topological polar surface area (TPSA) is 38.7 Å². The minimum absolute atomic E-state index is 0.225. The van der Waals surface area contributed by atoms with Crippen molar-refractivity contribution in [1.82, 2.24) is 15.1 Å². The Labute approximate surface area is 105 Å². The fourth-order valence-electron chi connectivity index (χ4n) is 3.17. The van der Waals surface area contributed by atoms with Crippen molar-refractivity contribution in [2.24, 2.45) is 0 Å². The van der Waals surface area contributed by atoms with Crippen molar-refractivity contribution in [3.8, 4) is 0 Å².